The number of hydrogen-bond donors (Lipinski definition) is 3. The highest BCUT2D eigenvalue weighted by atomic mass is 16.7. The molecular formula is C110H140O13. The van der Waals surface area contributed by atoms with Gasteiger partial charge in [0.05, 0.1) is 0 Å². The number of ether oxygens (including phenoxy) is 8. The Bertz CT molecular complexity index is 4870. The first-order valence-electron chi connectivity index (χ1n) is 45.1. The van der Waals surface area contributed by atoms with Gasteiger partial charge in [-0.05, 0) is 295 Å². The minimum atomic E-state index is -0.552. The van der Waals surface area contributed by atoms with Crippen LogP contribution in [-0.2, 0) is 37.0 Å². The highest BCUT2D eigenvalue weighted by Crippen LogP contribution is 2.64. The van der Waals surface area contributed by atoms with Gasteiger partial charge >= 0.3 is 11.9 Å². The molecule has 0 saturated heterocycles. The van der Waals surface area contributed by atoms with Crippen molar-refractivity contribution in [3.8, 4) is 46.0 Å². The average Bonchev–Trinajstić information content (AvgIpc) is 0.698. The van der Waals surface area contributed by atoms with Crippen molar-refractivity contribution in [3.63, 3.8) is 0 Å². The highest BCUT2D eigenvalue weighted by Gasteiger charge is 2.59. The van der Waals surface area contributed by atoms with Crippen LogP contribution in [0.15, 0.2) is 231 Å². The molecule has 11 aromatic rings. The number of benzene rings is 11. The van der Waals surface area contributed by atoms with Gasteiger partial charge in [0.1, 0.15) is 70.4 Å². The zero-order valence-corrected chi connectivity index (χ0v) is 77.0. The summed E-state index contributed by atoms with van der Waals surface area (Å²) in [4.78, 5) is 25.3. The molecule has 4 aliphatic rings. The van der Waals surface area contributed by atoms with Crippen LogP contribution in [0.3, 0.4) is 0 Å². The molecule has 13 nitrogen and oxygen atoms in total. The summed E-state index contributed by atoms with van der Waals surface area (Å²) in [5, 5.41) is 32.9. The average molecular weight is 1670 g/mol. The molecule has 0 aromatic heterocycles. The van der Waals surface area contributed by atoms with Crippen molar-refractivity contribution in [3.05, 3.63) is 275 Å². The predicted molar refractivity (Wildman–Crippen MR) is 505 cm³/mol. The quantitative estimate of drug-likeness (QED) is 0.0230. The topological polar surface area (TPSA) is 169 Å². The van der Waals surface area contributed by atoms with Gasteiger partial charge in [-0.15, -0.1) is 0 Å². The SMILES string of the molecule is CCC(C)c1ccc(COc2c3ccccc3cc3c(OCC(=O)OC(C)(C)C)cccc23)cc1.CCC(C)c1ccc(COc2cccc3c(OCC(=O)OC(C)(C)C45CC6CC(CC(C6)C4)C5)cccc23)cc1.CCC(C)c1ccc(O)cc1.CCC(C)c1ccc(O)cc1.CCC(C)c1ccc(O)cc1.CCC(C)c1ccc(OC(C)OC)cc1. The Hall–Kier alpha value is -10.5. The molecule has 4 aliphatic carbocycles. The number of fused-ring (bicyclic) bond motifs is 3. The van der Waals surface area contributed by atoms with Crippen LogP contribution in [0.1, 0.15) is 282 Å². The maximum atomic E-state index is 13.1. The summed E-state index contributed by atoms with van der Waals surface area (Å²) in [6, 6.07) is 75.8. The Morgan fingerprint density at radius 2 is 0.699 bits per heavy atom. The molecule has 13 heteroatoms. The third-order valence-corrected chi connectivity index (χ3v) is 25.5. The smallest absolute Gasteiger partial charge is 0.344 e. The molecule has 0 amide bonds. The van der Waals surface area contributed by atoms with E-state index in [-0.39, 0.29) is 30.9 Å². The van der Waals surface area contributed by atoms with E-state index in [0.29, 0.717) is 77.5 Å². The number of phenols is 3. The van der Waals surface area contributed by atoms with Gasteiger partial charge in [-0.2, -0.15) is 0 Å². The number of rotatable bonds is 29. The first-order chi connectivity index (χ1) is 58.9. The number of phenolic OH excluding ortho intramolecular Hbond substituents is 3. The first-order valence-corrected chi connectivity index (χ1v) is 45.1. The predicted octanol–water partition coefficient (Wildman–Crippen LogP) is 28.9. The lowest BCUT2D eigenvalue weighted by atomic mass is 9.46. The van der Waals surface area contributed by atoms with Crippen molar-refractivity contribution in [1.29, 1.82) is 0 Å². The van der Waals surface area contributed by atoms with E-state index >= 15 is 0 Å². The van der Waals surface area contributed by atoms with E-state index in [1.807, 2.05) is 143 Å². The summed E-state index contributed by atoms with van der Waals surface area (Å²) < 4.78 is 46.8. The second-order valence-electron chi connectivity index (χ2n) is 35.9. The van der Waals surface area contributed by atoms with Gasteiger partial charge in [0.25, 0.3) is 0 Å². The lowest BCUT2D eigenvalue weighted by Crippen LogP contribution is -2.57. The molecule has 0 spiro atoms. The van der Waals surface area contributed by atoms with Crippen molar-refractivity contribution in [2.45, 2.75) is 268 Å². The fourth-order valence-electron chi connectivity index (χ4n) is 16.9. The van der Waals surface area contributed by atoms with E-state index in [9.17, 15) is 9.59 Å². The van der Waals surface area contributed by atoms with Crippen LogP contribution in [0.2, 0.25) is 0 Å². The molecule has 15 rings (SSSR count). The Kier molecular flexibility index (Phi) is 36.2. The number of carbonyl (C=O) groups is 2. The molecule has 123 heavy (non-hydrogen) atoms. The van der Waals surface area contributed by atoms with E-state index < -0.39 is 17.2 Å². The lowest BCUT2D eigenvalue weighted by molar-refractivity contribution is -0.200. The molecule has 0 aliphatic heterocycles. The summed E-state index contributed by atoms with van der Waals surface area (Å²) in [6.45, 7) is 38.8. The van der Waals surface area contributed by atoms with Crippen molar-refractivity contribution in [1.82, 2.24) is 0 Å². The van der Waals surface area contributed by atoms with Crippen molar-refractivity contribution in [2.75, 3.05) is 20.3 Å². The van der Waals surface area contributed by atoms with Gasteiger partial charge in [-0.25, -0.2) is 9.59 Å². The van der Waals surface area contributed by atoms with Crippen molar-refractivity contribution < 1.29 is 62.8 Å². The number of aromatic hydroxyl groups is 3. The Labute approximate surface area is 735 Å². The second kappa shape index (κ2) is 46.3. The number of hydrogen-bond acceptors (Lipinski definition) is 13. The van der Waals surface area contributed by atoms with Crippen LogP contribution < -0.4 is 23.7 Å². The van der Waals surface area contributed by atoms with Gasteiger partial charge in [0.2, 0.25) is 0 Å². The molecule has 4 fully saturated rings. The molecular weight excluding hydrogens is 1530 g/mol. The number of carbonyl (C=O) groups excluding carboxylic acids is 2. The van der Waals surface area contributed by atoms with Crippen LogP contribution in [0.25, 0.3) is 32.3 Å². The zero-order valence-electron chi connectivity index (χ0n) is 77.0. The van der Waals surface area contributed by atoms with Crippen LogP contribution in [0.5, 0.6) is 46.0 Å². The Morgan fingerprint density at radius 1 is 0.374 bits per heavy atom. The maximum absolute atomic E-state index is 13.1. The molecule has 658 valence electrons. The van der Waals surface area contributed by atoms with Gasteiger partial charge in [0.15, 0.2) is 19.5 Å². The van der Waals surface area contributed by atoms with Gasteiger partial charge in [-0.1, -0.05) is 241 Å². The molecule has 4 saturated carbocycles. The Morgan fingerprint density at radius 3 is 1.07 bits per heavy atom. The largest absolute Gasteiger partial charge is 0.508 e. The van der Waals surface area contributed by atoms with Crippen LogP contribution >= 0.6 is 0 Å². The van der Waals surface area contributed by atoms with E-state index in [4.69, 9.17) is 53.2 Å². The summed E-state index contributed by atoms with van der Waals surface area (Å²) in [6.07, 6.45) is 14.4. The van der Waals surface area contributed by atoms with E-state index in [0.717, 1.165) is 117 Å². The van der Waals surface area contributed by atoms with E-state index in [1.165, 1.54) is 71.9 Å². The van der Waals surface area contributed by atoms with Gasteiger partial charge < -0.3 is 53.2 Å². The van der Waals surface area contributed by atoms with Crippen LogP contribution in [0.4, 0.5) is 0 Å². The summed E-state index contributed by atoms with van der Waals surface area (Å²) in [5.41, 5.74) is 9.31. The van der Waals surface area contributed by atoms with Crippen molar-refractivity contribution >= 4 is 44.3 Å². The standard InChI is InChI=1S/C36H44O4.C31H34O4.C13H20O2.3C10H14O/c1-5-24(2)29-14-12-25(13-15-29)22-38-32-10-6-9-31-30(32)8-7-11-33(31)39-23-34(37)40-35(3,4)36-19-26-16-27(20-36)18-28(17-26)21-36;1-6-21(2)23-16-14-22(15-17-23)19-34-30-25-11-8-7-10-24(25)18-27-26(30)12-9-13-28(27)33-20-29(32)35-31(3,4)5;1-5-10(2)12-6-8-13(9-7-12)15-11(3)14-4;3*1-3-8(2)9-4-6-10(11)7-5-9/h6-15,24,26-28H,5,16-23H2,1-4H3;7-18,21H,6,19-20H2,1-5H3;6-11H,5H2,1-4H3;3*4-8,11H,3H2,1-2H3. The summed E-state index contributed by atoms with van der Waals surface area (Å²) in [5.74, 6) is 10.1. The third-order valence-electron chi connectivity index (χ3n) is 25.5. The van der Waals surface area contributed by atoms with Gasteiger partial charge in [0, 0.05) is 39.5 Å². The minimum Gasteiger partial charge on any atom is -0.508 e. The Balaban J connectivity index is 0.000000184. The molecule has 0 heterocycles. The molecule has 0 radical (unpaired) electrons. The second-order valence-corrected chi connectivity index (χ2v) is 35.9. The summed E-state index contributed by atoms with van der Waals surface area (Å²) in [7, 11) is 1.64. The number of methoxy groups -OCH3 is 1. The summed E-state index contributed by atoms with van der Waals surface area (Å²) >= 11 is 0. The van der Waals surface area contributed by atoms with E-state index in [1.54, 1.807) is 43.5 Å². The normalized spacial score (nSPS) is 17.3. The lowest BCUT2D eigenvalue weighted by Gasteiger charge is -2.61. The third kappa shape index (κ3) is 28.0. The van der Waals surface area contributed by atoms with E-state index in [2.05, 4.69) is 176 Å². The van der Waals surface area contributed by atoms with Crippen molar-refractivity contribution in [2.24, 2.45) is 23.2 Å². The van der Waals surface area contributed by atoms with Crippen LogP contribution in [0, 0.1) is 23.2 Å². The minimum absolute atomic E-state index is 0.0947. The fourth-order valence-corrected chi connectivity index (χ4v) is 16.9. The molecule has 7 unspecified atom stereocenters. The maximum Gasteiger partial charge on any atom is 0.344 e. The highest BCUT2D eigenvalue weighted by molar-refractivity contribution is 6.07. The van der Waals surface area contributed by atoms with Gasteiger partial charge in [-0.3, -0.25) is 0 Å². The van der Waals surface area contributed by atoms with Crippen LogP contribution in [-0.4, -0.2) is 65.1 Å². The zero-order chi connectivity index (χ0) is 89.0. The monoisotopic (exact) mass is 1670 g/mol. The first kappa shape index (κ1) is 96.3. The molecule has 7 atom stereocenters. The molecule has 11 aromatic carbocycles. The number of esters is 2. The molecule has 3 N–H and O–H groups in total. The molecule has 4 bridgehead atoms. The fraction of sp³-hybridized carbons (Fsp3) is 0.436.